The van der Waals surface area contributed by atoms with E-state index < -0.39 is 15.3 Å². The smallest absolute Gasteiger partial charge is 0.253 e. The van der Waals surface area contributed by atoms with Crippen molar-refractivity contribution in [2.45, 2.75) is 18.6 Å². The van der Waals surface area contributed by atoms with Crippen molar-refractivity contribution < 1.29 is 13.2 Å². The monoisotopic (exact) mass is 361 g/mol. The van der Waals surface area contributed by atoms with E-state index in [4.69, 9.17) is 5.14 Å². The molecule has 1 aromatic carbocycles. The summed E-state index contributed by atoms with van der Waals surface area (Å²) in [6.07, 6.45) is 2.01. The Balaban J connectivity index is 1.74. The Morgan fingerprint density at radius 3 is 2.84 bits per heavy atom. The predicted molar refractivity (Wildman–Crippen MR) is 93.9 cm³/mol. The molecule has 1 amide bonds. The highest BCUT2D eigenvalue weighted by atomic mass is 32.2. The summed E-state index contributed by atoms with van der Waals surface area (Å²) in [7, 11) is -3.63. The van der Waals surface area contributed by atoms with Crippen LogP contribution in [0.4, 0.5) is 11.6 Å². The number of aromatic nitrogens is 2. The number of carbonyl (C=O) groups excluding carboxylic acids is 1. The largest absolute Gasteiger partial charge is 0.337 e. The van der Waals surface area contributed by atoms with Crippen molar-refractivity contribution in [2.75, 3.05) is 18.4 Å². The number of rotatable bonds is 4. The number of hydrogen-bond donors (Lipinski definition) is 2. The van der Waals surface area contributed by atoms with E-state index in [1.165, 1.54) is 4.90 Å². The van der Waals surface area contributed by atoms with Crippen LogP contribution in [0.3, 0.4) is 0 Å². The summed E-state index contributed by atoms with van der Waals surface area (Å²) in [5.41, 5.74) is 1.97. The normalized spacial score (nSPS) is 17.5. The fraction of sp³-hybridized carbons (Fsp3) is 0.312. The molecule has 2 heterocycles. The third-order valence-electron chi connectivity index (χ3n) is 4.06. The molecule has 0 spiro atoms. The van der Waals surface area contributed by atoms with Crippen molar-refractivity contribution in [3.05, 3.63) is 47.8 Å². The molecular weight excluding hydrogens is 342 g/mol. The van der Waals surface area contributed by atoms with E-state index in [9.17, 15) is 13.2 Å². The fourth-order valence-corrected chi connectivity index (χ4v) is 3.55. The Morgan fingerprint density at radius 1 is 1.36 bits per heavy atom. The Hall–Kier alpha value is -2.52. The van der Waals surface area contributed by atoms with Gasteiger partial charge in [0.15, 0.2) is 0 Å². The van der Waals surface area contributed by atoms with Crippen LogP contribution in [0.15, 0.2) is 36.5 Å². The van der Waals surface area contributed by atoms with Gasteiger partial charge in [-0.15, -0.1) is 0 Å². The van der Waals surface area contributed by atoms with Crippen LogP contribution in [0.1, 0.15) is 22.5 Å². The summed E-state index contributed by atoms with van der Waals surface area (Å²) in [6.45, 7) is 2.36. The molecule has 2 aromatic rings. The molecule has 3 rings (SSSR count). The molecule has 0 saturated carbocycles. The number of nitrogens with one attached hydrogen (secondary N) is 1. The summed E-state index contributed by atoms with van der Waals surface area (Å²) in [5, 5.41) is 7.53. The SMILES string of the molecule is Cc1ccnc(Nc2cccc(C(=O)N3CCC(S(N)(=O)=O)C3)c2)n1. The van der Waals surface area contributed by atoms with Crippen LogP contribution in [-0.2, 0) is 10.0 Å². The van der Waals surface area contributed by atoms with Gasteiger partial charge in [0.2, 0.25) is 16.0 Å². The number of benzene rings is 1. The second-order valence-corrected chi connectivity index (χ2v) is 7.82. The lowest BCUT2D eigenvalue weighted by Crippen LogP contribution is -2.34. The molecule has 0 bridgehead atoms. The van der Waals surface area contributed by atoms with Crippen molar-refractivity contribution in [1.82, 2.24) is 14.9 Å². The van der Waals surface area contributed by atoms with Crippen molar-refractivity contribution in [2.24, 2.45) is 5.14 Å². The highest BCUT2D eigenvalue weighted by Gasteiger charge is 2.33. The van der Waals surface area contributed by atoms with Gasteiger partial charge in [0.1, 0.15) is 0 Å². The minimum atomic E-state index is -3.63. The lowest BCUT2D eigenvalue weighted by Gasteiger charge is -2.16. The van der Waals surface area contributed by atoms with Crippen molar-refractivity contribution in [3.63, 3.8) is 0 Å². The second kappa shape index (κ2) is 6.77. The third kappa shape index (κ3) is 4.12. The maximum atomic E-state index is 12.6. The molecule has 1 aliphatic heterocycles. The van der Waals surface area contributed by atoms with Crippen molar-refractivity contribution >= 4 is 27.6 Å². The van der Waals surface area contributed by atoms with Crippen LogP contribution in [0.2, 0.25) is 0 Å². The first-order chi connectivity index (χ1) is 11.8. The van der Waals surface area contributed by atoms with Gasteiger partial charge in [0, 0.05) is 36.2 Å². The zero-order valence-electron chi connectivity index (χ0n) is 13.7. The second-order valence-electron chi connectivity index (χ2n) is 5.98. The number of carbonyl (C=O) groups is 1. The number of nitrogens with zero attached hydrogens (tertiary/aromatic N) is 3. The van der Waals surface area contributed by atoms with E-state index in [0.29, 0.717) is 30.2 Å². The first-order valence-corrected chi connectivity index (χ1v) is 9.41. The number of aryl methyl sites for hydroxylation is 1. The molecule has 1 unspecified atom stereocenters. The molecule has 25 heavy (non-hydrogen) atoms. The Labute approximate surface area is 146 Å². The zero-order chi connectivity index (χ0) is 18.0. The fourth-order valence-electron chi connectivity index (χ4n) is 2.73. The summed E-state index contributed by atoms with van der Waals surface area (Å²) >= 11 is 0. The third-order valence-corrected chi connectivity index (χ3v) is 5.37. The summed E-state index contributed by atoms with van der Waals surface area (Å²) in [4.78, 5) is 22.5. The van der Waals surface area contributed by atoms with Gasteiger partial charge in [-0.2, -0.15) is 0 Å². The Kier molecular flexibility index (Phi) is 4.69. The quantitative estimate of drug-likeness (QED) is 0.840. The minimum Gasteiger partial charge on any atom is -0.337 e. The van der Waals surface area contributed by atoms with Gasteiger partial charge in [-0.25, -0.2) is 23.5 Å². The van der Waals surface area contributed by atoms with Crippen LogP contribution in [0.25, 0.3) is 0 Å². The molecule has 1 aromatic heterocycles. The van der Waals surface area contributed by atoms with Gasteiger partial charge in [0.25, 0.3) is 5.91 Å². The molecule has 1 aliphatic rings. The highest BCUT2D eigenvalue weighted by molar-refractivity contribution is 7.89. The number of nitrogens with two attached hydrogens (primary N) is 1. The van der Waals surface area contributed by atoms with E-state index in [1.807, 2.05) is 6.92 Å². The van der Waals surface area contributed by atoms with Gasteiger partial charge in [-0.05, 0) is 37.6 Å². The molecule has 1 atom stereocenters. The molecule has 132 valence electrons. The molecule has 9 heteroatoms. The molecule has 8 nitrogen and oxygen atoms in total. The lowest BCUT2D eigenvalue weighted by atomic mass is 10.2. The van der Waals surface area contributed by atoms with Gasteiger partial charge in [0.05, 0.1) is 5.25 Å². The predicted octanol–water partition coefficient (Wildman–Crippen LogP) is 1.03. The number of anilines is 2. The molecule has 3 N–H and O–H groups in total. The van der Waals surface area contributed by atoms with Crippen LogP contribution < -0.4 is 10.5 Å². The molecule has 0 radical (unpaired) electrons. The summed E-state index contributed by atoms with van der Waals surface area (Å²) < 4.78 is 22.9. The maximum absolute atomic E-state index is 12.6. The molecule has 1 saturated heterocycles. The number of primary sulfonamides is 1. The first-order valence-electron chi connectivity index (χ1n) is 7.80. The van der Waals surface area contributed by atoms with Gasteiger partial charge in [-0.1, -0.05) is 6.07 Å². The average molecular weight is 361 g/mol. The number of hydrogen-bond acceptors (Lipinski definition) is 6. The van der Waals surface area contributed by atoms with E-state index in [-0.39, 0.29) is 12.5 Å². The Morgan fingerprint density at radius 2 is 2.16 bits per heavy atom. The summed E-state index contributed by atoms with van der Waals surface area (Å²) in [6, 6.07) is 8.73. The van der Waals surface area contributed by atoms with E-state index >= 15 is 0 Å². The molecular formula is C16H19N5O3S. The maximum Gasteiger partial charge on any atom is 0.253 e. The Bertz CT molecular complexity index is 900. The van der Waals surface area contributed by atoms with Gasteiger partial charge >= 0.3 is 0 Å². The first kappa shape index (κ1) is 17.3. The number of sulfonamides is 1. The van der Waals surface area contributed by atoms with E-state index in [0.717, 1.165) is 5.69 Å². The van der Waals surface area contributed by atoms with E-state index in [2.05, 4.69) is 15.3 Å². The molecule has 1 fully saturated rings. The van der Waals surface area contributed by atoms with Crippen LogP contribution >= 0.6 is 0 Å². The van der Waals surface area contributed by atoms with Crippen molar-refractivity contribution in [3.8, 4) is 0 Å². The number of likely N-dealkylation sites (tertiary alicyclic amines) is 1. The summed E-state index contributed by atoms with van der Waals surface area (Å²) in [5.74, 6) is 0.222. The highest BCUT2D eigenvalue weighted by Crippen LogP contribution is 2.20. The average Bonchev–Trinajstić information content (AvgIpc) is 3.05. The topological polar surface area (TPSA) is 118 Å². The van der Waals surface area contributed by atoms with Crippen LogP contribution in [-0.4, -0.2) is 47.5 Å². The van der Waals surface area contributed by atoms with E-state index in [1.54, 1.807) is 36.5 Å². The standard InChI is InChI=1S/C16H19N5O3S/c1-11-5-7-18-16(19-11)20-13-4-2-3-12(9-13)15(22)21-8-6-14(10-21)25(17,23)24/h2-5,7,9,14H,6,8,10H2,1H3,(H2,17,23,24)(H,18,19,20). The number of amides is 1. The van der Waals surface area contributed by atoms with Crippen LogP contribution in [0, 0.1) is 6.92 Å². The van der Waals surface area contributed by atoms with Gasteiger partial charge < -0.3 is 10.2 Å². The van der Waals surface area contributed by atoms with Crippen LogP contribution in [0.5, 0.6) is 0 Å². The van der Waals surface area contributed by atoms with Gasteiger partial charge in [-0.3, -0.25) is 4.79 Å². The van der Waals surface area contributed by atoms with Crippen molar-refractivity contribution in [1.29, 1.82) is 0 Å². The minimum absolute atomic E-state index is 0.121. The zero-order valence-corrected chi connectivity index (χ0v) is 14.5. The molecule has 0 aliphatic carbocycles. The lowest BCUT2D eigenvalue weighted by molar-refractivity contribution is 0.0793.